The second-order valence-corrected chi connectivity index (χ2v) is 10.1. The summed E-state index contributed by atoms with van der Waals surface area (Å²) < 4.78 is 7.40. The molecule has 37 heavy (non-hydrogen) atoms. The lowest BCUT2D eigenvalue weighted by Gasteiger charge is -2.30. The Hall–Kier alpha value is -3.27. The summed E-state index contributed by atoms with van der Waals surface area (Å²) in [4.78, 5) is 47.5. The minimum absolute atomic E-state index is 0.141. The number of nitrogens with zero attached hydrogens (tertiary/aromatic N) is 5. The molecular weight excluding hydrogens is 472 g/mol. The van der Waals surface area contributed by atoms with Crippen LogP contribution in [0.4, 0.5) is 0 Å². The Morgan fingerprint density at radius 1 is 1.16 bits per heavy atom. The first-order chi connectivity index (χ1) is 17.6. The second kappa shape index (κ2) is 12.8. The number of rotatable bonds is 5. The summed E-state index contributed by atoms with van der Waals surface area (Å²) in [7, 11) is 3.17. The first-order valence-electron chi connectivity index (χ1n) is 13.0. The molecule has 10 heteroatoms. The van der Waals surface area contributed by atoms with E-state index in [0.717, 1.165) is 5.56 Å². The van der Waals surface area contributed by atoms with Crippen molar-refractivity contribution < 1.29 is 19.1 Å². The van der Waals surface area contributed by atoms with Gasteiger partial charge >= 0.3 is 0 Å². The van der Waals surface area contributed by atoms with Gasteiger partial charge in [0.05, 0.1) is 12.6 Å². The molecule has 2 aromatic rings. The van der Waals surface area contributed by atoms with Crippen LogP contribution >= 0.6 is 0 Å². The van der Waals surface area contributed by atoms with E-state index in [9.17, 15) is 14.4 Å². The molecular formula is C27H40N6O4. The molecule has 10 nitrogen and oxygen atoms in total. The van der Waals surface area contributed by atoms with Gasteiger partial charge in [0.2, 0.25) is 11.8 Å². The van der Waals surface area contributed by atoms with Gasteiger partial charge in [-0.3, -0.25) is 14.4 Å². The van der Waals surface area contributed by atoms with Gasteiger partial charge in [-0.15, -0.1) is 0 Å². The number of ether oxygens (including phenoxy) is 1. The quantitative estimate of drug-likeness (QED) is 0.660. The molecule has 0 saturated heterocycles. The molecule has 3 amide bonds. The van der Waals surface area contributed by atoms with E-state index in [0.29, 0.717) is 44.1 Å². The van der Waals surface area contributed by atoms with E-state index < -0.39 is 12.1 Å². The standard InChI is InChI=1S/C27H40N6O4/c1-18(2)17-22-25-28-20(4)30-33(25)16-15-32(27(36)24(37-6)21-11-8-7-9-12-21)14-10-13-23(34)31(5)19(3)26(35)29-22/h7-9,11-12,18-19,22,24H,10,13-17H2,1-6H3,(H,29,35)/t19-,22+,24+/m0/s1. The van der Waals surface area contributed by atoms with Crippen LogP contribution in [-0.4, -0.2) is 75.6 Å². The van der Waals surface area contributed by atoms with Crippen molar-refractivity contribution in [2.75, 3.05) is 27.2 Å². The fourth-order valence-corrected chi connectivity index (χ4v) is 4.60. The van der Waals surface area contributed by atoms with E-state index >= 15 is 0 Å². The van der Waals surface area contributed by atoms with E-state index in [1.165, 1.54) is 12.0 Å². The van der Waals surface area contributed by atoms with Crippen LogP contribution in [0.3, 0.4) is 0 Å². The van der Waals surface area contributed by atoms with Gasteiger partial charge in [-0.05, 0) is 38.2 Å². The number of hydrogen-bond acceptors (Lipinski definition) is 6. The van der Waals surface area contributed by atoms with Crippen molar-refractivity contribution in [3.63, 3.8) is 0 Å². The zero-order valence-electron chi connectivity index (χ0n) is 22.8. The van der Waals surface area contributed by atoms with Crippen LogP contribution in [0.2, 0.25) is 0 Å². The summed E-state index contributed by atoms with van der Waals surface area (Å²) in [5, 5.41) is 7.69. The van der Waals surface area contributed by atoms with Gasteiger partial charge in [-0.2, -0.15) is 5.10 Å². The molecule has 1 aliphatic heterocycles. The number of benzene rings is 1. The van der Waals surface area contributed by atoms with Gasteiger partial charge in [0.25, 0.3) is 5.91 Å². The molecule has 202 valence electrons. The number of amides is 3. The van der Waals surface area contributed by atoms with Crippen LogP contribution < -0.4 is 5.32 Å². The van der Waals surface area contributed by atoms with Crippen molar-refractivity contribution >= 4 is 17.7 Å². The third kappa shape index (κ3) is 7.15. The Morgan fingerprint density at radius 3 is 2.51 bits per heavy atom. The molecule has 0 fully saturated rings. The Morgan fingerprint density at radius 2 is 1.86 bits per heavy atom. The minimum Gasteiger partial charge on any atom is -0.367 e. The number of carbonyl (C=O) groups excluding carboxylic acids is 3. The fraction of sp³-hybridized carbons (Fsp3) is 0.593. The van der Waals surface area contributed by atoms with Crippen LogP contribution in [0.5, 0.6) is 0 Å². The smallest absolute Gasteiger partial charge is 0.256 e. The molecule has 0 saturated carbocycles. The monoisotopic (exact) mass is 512 g/mol. The van der Waals surface area contributed by atoms with Crippen molar-refractivity contribution in [1.29, 1.82) is 0 Å². The highest BCUT2D eigenvalue weighted by Crippen LogP contribution is 2.23. The lowest BCUT2D eigenvalue weighted by molar-refractivity contribution is -0.143. The van der Waals surface area contributed by atoms with Crippen molar-refractivity contribution in [2.45, 2.75) is 71.7 Å². The van der Waals surface area contributed by atoms with Crippen LogP contribution in [0.1, 0.15) is 69.4 Å². The van der Waals surface area contributed by atoms with Crippen LogP contribution in [0.15, 0.2) is 30.3 Å². The topological polar surface area (TPSA) is 110 Å². The van der Waals surface area contributed by atoms with E-state index in [2.05, 4.69) is 29.2 Å². The molecule has 1 N–H and O–H groups in total. The minimum atomic E-state index is -0.747. The fourth-order valence-electron chi connectivity index (χ4n) is 4.60. The summed E-state index contributed by atoms with van der Waals surface area (Å²) in [6, 6.07) is 8.37. The van der Waals surface area contributed by atoms with Crippen molar-refractivity contribution in [1.82, 2.24) is 29.9 Å². The average Bonchev–Trinajstić information content (AvgIpc) is 3.25. The molecule has 0 bridgehead atoms. The van der Waals surface area contributed by atoms with Gasteiger partial charge in [0.15, 0.2) is 6.10 Å². The highest BCUT2D eigenvalue weighted by Gasteiger charge is 2.30. The molecule has 2 heterocycles. The Labute approximate surface area is 219 Å². The Kier molecular flexibility index (Phi) is 9.79. The number of methoxy groups -OCH3 is 1. The lowest BCUT2D eigenvalue weighted by Crippen LogP contribution is -2.48. The number of carbonyl (C=O) groups is 3. The molecule has 3 rings (SSSR count). The maximum Gasteiger partial charge on any atom is 0.256 e. The second-order valence-electron chi connectivity index (χ2n) is 10.1. The average molecular weight is 513 g/mol. The molecule has 0 unspecified atom stereocenters. The first-order valence-corrected chi connectivity index (χ1v) is 13.0. The number of likely N-dealkylation sites (N-methyl/N-ethyl adjacent to an activating group) is 1. The maximum absolute atomic E-state index is 13.6. The zero-order chi connectivity index (χ0) is 27.1. The highest BCUT2D eigenvalue weighted by molar-refractivity contribution is 5.87. The normalized spacial score (nSPS) is 20.8. The number of aryl methyl sites for hydroxylation is 1. The third-order valence-corrected chi connectivity index (χ3v) is 6.77. The predicted molar refractivity (Wildman–Crippen MR) is 139 cm³/mol. The highest BCUT2D eigenvalue weighted by atomic mass is 16.5. The summed E-state index contributed by atoms with van der Waals surface area (Å²) in [5.41, 5.74) is 0.774. The van der Waals surface area contributed by atoms with Gasteiger partial charge in [0.1, 0.15) is 17.7 Å². The zero-order valence-corrected chi connectivity index (χ0v) is 22.8. The van der Waals surface area contributed by atoms with E-state index in [4.69, 9.17) is 4.74 Å². The SMILES string of the molecule is CO[C@@H](C(=O)N1CCCC(=O)N(C)[C@@H](C)C(=O)N[C@H](CC(C)C)c2nc(C)nn2CC1)c1ccccc1. The lowest BCUT2D eigenvalue weighted by atomic mass is 10.0. The summed E-state index contributed by atoms with van der Waals surface area (Å²) in [6.07, 6.45) is 0.609. The van der Waals surface area contributed by atoms with E-state index in [-0.39, 0.29) is 36.1 Å². The first kappa shape index (κ1) is 28.3. The van der Waals surface area contributed by atoms with Crippen molar-refractivity contribution in [3.8, 4) is 0 Å². The van der Waals surface area contributed by atoms with E-state index in [1.54, 1.807) is 23.6 Å². The van der Waals surface area contributed by atoms with Gasteiger partial charge in [-0.1, -0.05) is 44.2 Å². The molecule has 3 atom stereocenters. The third-order valence-electron chi connectivity index (χ3n) is 6.77. The number of aromatic nitrogens is 3. The van der Waals surface area contributed by atoms with Gasteiger partial charge < -0.3 is 19.9 Å². The Bertz CT molecular complexity index is 1070. The van der Waals surface area contributed by atoms with Crippen LogP contribution in [0, 0.1) is 12.8 Å². The van der Waals surface area contributed by atoms with Crippen LogP contribution in [-0.2, 0) is 25.7 Å². The largest absolute Gasteiger partial charge is 0.367 e. The number of hydrogen-bond donors (Lipinski definition) is 1. The van der Waals surface area contributed by atoms with E-state index in [1.807, 2.05) is 37.3 Å². The number of nitrogens with one attached hydrogen (secondary N) is 1. The Balaban J connectivity index is 1.96. The van der Waals surface area contributed by atoms with Crippen LogP contribution in [0.25, 0.3) is 0 Å². The molecule has 1 aliphatic rings. The summed E-state index contributed by atoms with van der Waals surface area (Å²) in [6.45, 7) is 8.85. The molecule has 1 aromatic heterocycles. The predicted octanol–water partition coefficient (Wildman–Crippen LogP) is 2.65. The van der Waals surface area contributed by atoms with Crippen molar-refractivity contribution in [3.05, 3.63) is 47.5 Å². The van der Waals surface area contributed by atoms with Crippen molar-refractivity contribution in [2.24, 2.45) is 5.92 Å². The number of fused-ring (bicyclic) bond motifs is 1. The molecule has 0 aliphatic carbocycles. The van der Waals surface area contributed by atoms with Gasteiger partial charge in [0, 0.05) is 33.7 Å². The summed E-state index contributed by atoms with van der Waals surface area (Å²) in [5.74, 6) is 0.999. The molecule has 0 spiro atoms. The maximum atomic E-state index is 13.6. The molecule has 0 radical (unpaired) electrons. The summed E-state index contributed by atoms with van der Waals surface area (Å²) >= 11 is 0. The van der Waals surface area contributed by atoms with Gasteiger partial charge in [-0.25, -0.2) is 9.67 Å². The molecule has 1 aromatic carbocycles.